The number of carbonyl (C=O) groups is 2. The topological polar surface area (TPSA) is 61.8 Å². The first-order valence-corrected chi connectivity index (χ1v) is 8.43. The zero-order chi connectivity index (χ0) is 18.7. The molecule has 0 saturated heterocycles. The maximum atomic E-state index is 12.0. The average molecular weight is 448 g/mol. The Hall–Kier alpha value is -1.76. The fourth-order valence-electron chi connectivity index (χ4n) is 2.48. The van der Waals surface area contributed by atoms with Crippen molar-refractivity contribution < 1.29 is 23.8 Å². The summed E-state index contributed by atoms with van der Waals surface area (Å²) in [5, 5.41) is -1.46. The van der Waals surface area contributed by atoms with Crippen molar-refractivity contribution in [3.63, 3.8) is 0 Å². The van der Waals surface area contributed by atoms with E-state index in [1.54, 1.807) is 12.1 Å². The summed E-state index contributed by atoms with van der Waals surface area (Å²) >= 11 is 14.9. The monoisotopic (exact) mass is 446 g/mol. The molecule has 0 aliphatic carbocycles. The van der Waals surface area contributed by atoms with E-state index in [-0.39, 0.29) is 22.4 Å². The van der Waals surface area contributed by atoms with Crippen molar-refractivity contribution in [2.24, 2.45) is 0 Å². The molecule has 0 amide bonds. The number of hydrogen-bond acceptors (Lipinski definition) is 5. The van der Waals surface area contributed by atoms with Crippen LogP contribution >= 0.6 is 39.1 Å². The third-order valence-corrected chi connectivity index (χ3v) is 4.69. The highest BCUT2D eigenvalue weighted by atomic mass is 79.9. The standard InChI is InChI=1S/C17H13BrCl2O5/c1-23-10-6-4-5-8(16(19)21)12(10)13-9(17(20)22)7-11(24-2)14(18)15(13)25-3/h4-7H,1-3H3. The lowest BCUT2D eigenvalue weighted by Crippen LogP contribution is -2.05. The van der Waals surface area contributed by atoms with E-state index in [2.05, 4.69) is 15.9 Å². The predicted octanol–water partition coefficient (Wildman–Crippen LogP) is 4.90. The second-order valence-corrected chi connectivity index (χ2v) is 6.26. The van der Waals surface area contributed by atoms with Crippen LogP contribution in [0.2, 0.25) is 0 Å². The van der Waals surface area contributed by atoms with E-state index in [0.29, 0.717) is 21.5 Å². The maximum absolute atomic E-state index is 12.0. The van der Waals surface area contributed by atoms with Crippen molar-refractivity contribution in [2.45, 2.75) is 0 Å². The van der Waals surface area contributed by atoms with Gasteiger partial charge in [0.15, 0.2) is 0 Å². The molecule has 0 aromatic heterocycles. The number of methoxy groups -OCH3 is 3. The molecule has 8 heteroatoms. The Labute approximate surface area is 162 Å². The zero-order valence-corrected chi connectivity index (χ0v) is 16.6. The lowest BCUT2D eigenvalue weighted by molar-refractivity contribution is 0.107. The summed E-state index contributed by atoms with van der Waals surface area (Å²) in [4.78, 5) is 24.0. The first-order chi connectivity index (χ1) is 11.9. The Morgan fingerprint density at radius 1 is 0.880 bits per heavy atom. The first-order valence-electron chi connectivity index (χ1n) is 6.88. The Morgan fingerprint density at radius 3 is 1.96 bits per heavy atom. The molecule has 0 fully saturated rings. The van der Waals surface area contributed by atoms with Gasteiger partial charge in [0.1, 0.15) is 21.7 Å². The average Bonchev–Trinajstić information content (AvgIpc) is 2.60. The normalized spacial score (nSPS) is 10.3. The van der Waals surface area contributed by atoms with E-state index in [1.807, 2.05) is 0 Å². The summed E-state index contributed by atoms with van der Waals surface area (Å²) in [6, 6.07) is 6.23. The summed E-state index contributed by atoms with van der Waals surface area (Å²) in [6.07, 6.45) is 0. The van der Waals surface area contributed by atoms with E-state index < -0.39 is 10.5 Å². The van der Waals surface area contributed by atoms with Gasteiger partial charge in [-0.15, -0.1) is 0 Å². The van der Waals surface area contributed by atoms with Gasteiger partial charge >= 0.3 is 0 Å². The minimum Gasteiger partial charge on any atom is -0.496 e. The Bertz CT molecular complexity index is 851. The molecule has 0 aliphatic heterocycles. The van der Waals surface area contributed by atoms with E-state index >= 15 is 0 Å². The molecule has 0 spiro atoms. The lowest BCUT2D eigenvalue weighted by Gasteiger charge is -2.20. The predicted molar refractivity (Wildman–Crippen MR) is 99.6 cm³/mol. The van der Waals surface area contributed by atoms with Crippen molar-refractivity contribution in [1.29, 1.82) is 0 Å². The zero-order valence-electron chi connectivity index (χ0n) is 13.5. The molecule has 0 aliphatic rings. The van der Waals surface area contributed by atoms with Crippen LogP contribution in [0.25, 0.3) is 11.1 Å². The molecule has 0 unspecified atom stereocenters. The van der Waals surface area contributed by atoms with Gasteiger partial charge in [-0.05, 0) is 57.3 Å². The van der Waals surface area contributed by atoms with E-state index in [0.717, 1.165) is 0 Å². The van der Waals surface area contributed by atoms with Gasteiger partial charge in [-0.1, -0.05) is 6.07 Å². The van der Waals surface area contributed by atoms with Gasteiger partial charge in [-0.25, -0.2) is 0 Å². The minimum absolute atomic E-state index is 0.0854. The van der Waals surface area contributed by atoms with Gasteiger partial charge in [0.2, 0.25) is 0 Å². The number of rotatable bonds is 6. The van der Waals surface area contributed by atoms with Crippen LogP contribution in [0.15, 0.2) is 28.7 Å². The van der Waals surface area contributed by atoms with Gasteiger partial charge < -0.3 is 14.2 Å². The third-order valence-electron chi connectivity index (χ3n) is 3.53. The second kappa shape index (κ2) is 8.08. The SMILES string of the molecule is COc1cc(C(=O)Cl)c(-c2c(OC)cccc2C(=O)Cl)c(OC)c1Br. The van der Waals surface area contributed by atoms with Crippen molar-refractivity contribution in [3.8, 4) is 28.4 Å². The van der Waals surface area contributed by atoms with Crippen molar-refractivity contribution >= 4 is 49.6 Å². The van der Waals surface area contributed by atoms with Crippen molar-refractivity contribution in [1.82, 2.24) is 0 Å². The Kier molecular flexibility index (Phi) is 6.32. The van der Waals surface area contributed by atoms with Crippen LogP contribution in [0.4, 0.5) is 0 Å². The molecule has 0 N–H and O–H groups in total. The van der Waals surface area contributed by atoms with Gasteiger partial charge in [0, 0.05) is 22.3 Å². The Morgan fingerprint density at radius 2 is 1.48 bits per heavy atom. The highest BCUT2D eigenvalue weighted by molar-refractivity contribution is 9.10. The summed E-state index contributed by atoms with van der Waals surface area (Å²) in [5.74, 6) is 0.936. The molecule has 0 saturated carbocycles. The van der Waals surface area contributed by atoms with Crippen LogP contribution in [-0.4, -0.2) is 31.8 Å². The van der Waals surface area contributed by atoms with E-state index in [1.165, 1.54) is 33.5 Å². The number of benzene rings is 2. The second-order valence-electron chi connectivity index (χ2n) is 4.78. The van der Waals surface area contributed by atoms with Crippen LogP contribution < -0.4 is 14.2 Å². The van der Waals surface area contributed by atoms with Crippen LogP contribution in [0.3, 0.4) is 0 Å². The fraction of sp³-hybridized carbons (Fsp3) is 0.176. The van der Waals surface area contributed by atoms with Crippen LogP contribution in [-0.2, 0) is 0 Å². The van der Waals surface area contributed by atoms with E-state index in [4.69, 9.17) is 37.4 Å². The molecule has 132 valence electrons. The van der Waals surface area contributed by atoms with Crippen molar-refractivity contribution in [2.75, 3.05) is 21.3 Å². The minimum atomic E-state index is -0.752. The number of halogens is 3. The molecule has 0 heterocycles. The number of carbonyl (C=O) groups excluding carboxylic acids is 2. The van der Waals surface area contributed by atoms with Crippen LogP contribution in [0.1, 0.15) is 20.7 Å². The number of ether oxygens (including phenoxy) is 3. The lowest BCUT2D eigenvalue weighted by atomic mass is 9.93. The smallest absolute Gasteiger partial charge is 0.253 e. The summed E-state index contributed by atoms with van der Waals surface area (Å²) in [5.41, 5.74) is 0.809. The maximum Gasteiger partial charge on any atom is 0.253 e. The molecule has 2 aromatic rings. The molecule has 0 atom stereocenters. The van der Waals surface area contributed by atoms with Gasteiger partial charge in [0.25, 0.3) is 10.5 Å². The van der Waals surface area contributed by atoms with Gasteiger partial charge in [-0.2, -0.15) is 0 Å². The van der Waals surface area contributed by atoms with Crippen LogP contribution in [0, 0.1) is 0 Å². The van der Waals surface area contributed by atoms with Gasteiger partial charge in [0.05, 0.1) is 21.3 Å². The molecule has 0 radical (unpaired) electrons. The summed E-state index contributed by atoms with van der Waals surface area (Å²) in [6.45, 7) is 0. The molecule has 2 rings (SSSR count). The summed E-state index contributed by atoms with van der Waals surface area (Å²) in [7, 11) is 4.30. The molecule has 0 bridgehead atoms. The molecule has 25 heavy (non-hydrogen) atoms. The fourth-order valence-corrected chi connectivity index (χ4v) is 3.42. The molecular formula is C17H13BrCl2O5. The summed E-state index contributed by atoms with van der Waals surface area (Å²) < 4.78 is 16.5. The third kappa shape index (κ3) is 3.61. The molecule has 5 nitrogen and oxygen atoms in total. The van der Waals surface area contributed by atoms with Gasteiger partial charge in [-0.3, -0.25) is 9.59 Å². The highest BCUT2D eigenvalue weighted by Crippen LogP contribution is 2.48. The quantitative estimate of drug-likeness (QED) is 0.589. The molecule has 2 aromatic carbocycles. The Balaban J connectivity index is 3.04. The largest absolute Gasteiger partial charge is 0.496 e. The first kappa shape index (κ1) is 19.6. The number of hydrogen-bond donors (Lipinski definition) is 0. The van der Waals surface area contributed by atoms with Crippen LogP contribution in [0.5, 0.6) is 17.2 Å². The molecular weight excluding hydrogens is 435 g/mol. The highest BCUT2D eigenvalue weighted by Gasteiger charge is 2.28. The van der Waals surface area contributed by atoms with Crippen molar-refractivity contribution in [3.05, 3.63) is 39.9 Å². The van der Waals surface area contributed by atoms with E-state index in [9.17, 15) is 9.59 Å².